The molecule has 0 saturated carbocycles. The van der Waals surface area contributed by atoms with Gasteiger partial charge >= 0.3 is 0 Å². The molecule has 0 saturated heterocycles. The minimum atomic E-state index is -3.41. The molecule has 1 aliphatic rings. The number of halogens is 2. The summed E-state index contributed by atoms with van der Waals surface area (Å²) >= 11 is 0. The van der Waals surface area contributed by atoms with E-state index in [1.807, 2.05) is 6.92 Å². The third-order valence-corrected chi connectivity index (χ3v) is 8.47. The van der Waals surface area contributed by atoms with Gasteiger partial charge in [0.2, 0.25) is 0 Å². The zero-order valence-corrected chi connectivity index (χ0v) is 20.7. The Morgan fingerprint density at radius 2 is 2.00 bits per heavy atom. The summed E-state index contributed by atoms with van der Waals surface area (Å²) in [6.07, 6.45) is 5.43. The lowest BCUT2D eigenvalue weighted by atomic mass is 9.92. The van der Waals surface area contributed by atoms with Crippen LogP contribution in [0.4, 0.5) is 14.6 Å². The number of allylic oxidation sites excluding steroid dienone is 2. The minimum Gasteiger partial charge on any atom is -0.382 e. The van der Waals surface area contributed by atoms with E-state index in [0.717, 1.165) is 0 Å². The van der Waals surface area contributed by atoms with Crippen LogP contribution in [0.2, 0.25) is 0 Å². The van der Waals surface area contributed by atoms with Gasteiger partial charge in [-0.3, -0.25) is 5.32 Å². The van der Waals surface area contributed by atoms with Crippen LogP contribution in [0.15, 0.2) is 69.7 Å². The lowest BCUT2D eigenvalue weighted by Gasteiger charge is -2.18. The Kier molecular flexibility index (Phi) is 7.60. The van der Waals surface area contributed by atoms with Gasteiger partial charge in [0, 0.05) is 18.2 Å². The van der Waals surface area contributed by atoms with Crippen molar-refractivity contribution in [2.24, 2.45) is 0 Å². The van der Waals surface area contributed by atoms with Gasteiger partial charge in [-0.1, -0.05) is 36.4 Å². The van der Waals surface area contributed by atoms with Gasteiger partial charge in [0.25, 0.3) is 0 Å². The van der Waals surface area contributed by atoms with E-state index in [1.54, 1.807) is 49.4 Å². The first-order chi connectivity index (χ1) is 17.2. The Balaban J connectivity index is 1.57. The van der Waals surface area contributed by atoms with Crippen molar-refractivity contribution in [3.63, 3.8) is 0 Å². The van der Waals surface area contributed by atoms with Gasteiger partial charge in [-0.15, -0.1) is 0 Å². The van der Waals surface area contributed by atoms with E-state index < -0.39 is 34.0 Å². The maximum Gasteiger partial charge on any atom is 0.189 e. The van der Waals surface area contributed by atoms with Crippen molar-refractivity contribution in [3.05, 3.63) is 66.0 Å². The molecule has 2 heterocycles. The van der Waals surface area contributed by atoms with Crippen LogP contribution >= 0.6 is 0 Å². The first-order valence-electron chi connectivity index (χ1n) is 11.5. The number of anilines is 1. The van der Waals surface area contributed by atoms with E-state index in [9.17, 15) is 17.2 Å². The van der Waals surface area contributed by atoms with E-state index in [4.69, 9.17) is 10.3 Å². The maximum atomic E-state index is 14.8. The highest BCUT2D eigenvalue weighted by molar-refractivity contribution is 7.92. The molecule has 3 atom stereocenters. The van der Waals surface area contributed by atoms with Crippen LogP contribution in [0.1, 0.15) is 31.9 Å². The molecule has 0 aliphatic heterocycles. The van der Waals surface area contributed by atoms with Gasteiger partial charge in [-0.2, -0.15) is 0 Å². The van der Waals surface area contributed by atoms with Crippen molar-refractivity contribution >= 4 is 15.7 Å². The average Bonchev–Trinajstić information content (AvgIpc) is 3.37. The minimum absolute atomic E-state index is 0.105. The fourth-order valence-electron chi connectivity index (χ4n) is 3.81. The van der Waals surface area contributed by atoms with Crippen LogP contribution in [0, 0.1) is 0 Å². The smallest absolute Gasteiger partial charge is 0.189 e. The molecular formula is C25H27F2N5O3S. The fourth-order valence-corrected chi connectivity index (χ4v) is 5.23. The van der Waals surface area contributed by atoms with Crippen molar-refractivity contribution in [1.82, 2.24) is 20.4 Å². The van der Waals surface area contributed by atoms with Gasteiger partial charge in [0.05, 0.1) is 33.6 Å². The zero-order valence-electron chi connectivity index (χ0n) is 19.9. The molecule has 11 heteroatoms. The molecule has 0 fully saturated rings. The Bertz CT molecular complexity index is 1390. The van der Waals surface area contributed by atoms with Gasteiger partial charge in [-0.05, 0) is 37.1 Å². The molecule has 3 N–H and O–H groups in total. The lowest BCUT2D eigenvalue weighted by Crippen LogP contribution is -2.20. The van der Waals surface area contributed by atoms with Crippen molar-refractivity contribution < 1.29 is 21.7 Å². The van der Waals surface area contributed by atoms with E-state index >= 15 is 0 Å². The molecular weight excluding hydrogens is 488 g/mol. The normalized spacial score (nSPS) is 18.7. The number of aromatic nitrogens is 3. The standard InChI is InChI=1S/C25H27F2N5O3S/c1-3-15(2)36(33,34)18-7-5-17(6-8-18)22-13-30-25(28)24(31-22)23-11-21(32-35-23)19-9-4-16(10-20(19)27)12-29-14-26/h4-11,13,15,19-20,29H,3,12,14H2,1-2H3,(H2,28,30). The van der Waals surface area contributed by atoms with E-state index in [0.29, 0.717) is 28.9 Å². The summed E-state index contributed by atoms with van der Waals surface area (Å²) in [5, 5.41) is 6.03. The molecule has 0 bridgehead atoms. The fraction of sp³-hybridized carbons (Fsp3) is 0.320. The van der Waals surface area contributed by atoms with Gasteiger partial charge < -0.3 is 10.3 Å². The molecule has 3 aromatic rings. The van der Waals surface area contributed by atoms with E-state index in [-0.39, 0.29) is 28.7 Å². The molecule has 36 heavy (non-hydrogen) atoms. The number of hydrogen-bond donors (Lipinski definition) is 2. The summed E-state index contributed by atoms with van der Waals surface area (Å²) in [6, 6.07) is 7.97. The molecule has 0 amide bonds. The number of nitrogens with two attached hydrogens (primary N) is 1. The molecule has 0 spiro atoms. The first kappa shape index (κ1) is 25.6. The van der Waals surface area contributed by atoms with Crippen LogP contribution < -0.4 is 11.1 Å². The topological polar surface area (TPSA) is 124 Å². The van der Waals surface area contributed by atoms with Gasteiger partial charge in [0.15, 0.2) is 27.1 Å². The largest absolute Gasteiger partial charge is 0.382 e. The van der Waals surface area contributed by atoms with Crippen LogP contribution in [0.3, 0.4) is 0 Å². The summed E-state index contributed by atoms with van der Waals surface area (Å²) < 4.78 is 57.7. The maximum absolute atomic E-state index is 14.8. The van der Waals surface area contributed by atoms with E-state index in [2.05, 4.69) is 20.4 Å². The van der Waals surface area contributed by atoms with Crippen LogP contribution in [0.5, 0.6) is 0 Å². The highest BCUT2D eigenvalue weighted by Gasteiger charge is 2.27. The average molecular weight is 516 g/mol. The third kappa shape index (κ3) is 5.21. The summed E-state index contributed by atoms with van der Waals surface area (Å²) in [5.41, 5.74) is 8.37. The second-order valence-corrected chi connectivity index (χ2v) is 10.9. The number of benzene rings is 1. The first-order valence-corrected chi connectivity index (χ1v) is 13.0. The van der Waals surface area contributed by atoms with Crippen LogP contribution in [-0.4, -0.2) is 48.3 Å². The number of nitrogens with zero attached hydrogens (tertiary/aromatic N) is 3. The number of sulfone groups is 1. The Morgan fingerprint density at radius 3 is 2.67 bits per heavy atom. The van der Waals surface area contributed by atoms with Gasteiger partial charge in [-0.25, -0.2) is 27.2 Å². The molecule has 1 aliphatic carbocycles. The van der Waals surface area contributed by atoms with Crippen molar-refractivity contribution in [2.75, 3.05) is 19.1 Å². The predicted molar refractivity (Wildman–Crippen MR) is 133 cm³/mol. The molecule has 0 radical (unpaired) electrons. The van der Waals surface area contributed by atoms with Gasteiger partial charge in [0.1, 0.15) is 13.0 Å². The molecule has 4 rings (SSSR count). The Hall–Kier alpha value is -3.44. The monoisotopic (exact) mass is 515 g/mol. The summed E-state index contributed by atoms with van der Waals surface area (Å²) in [6.45, 7) is 3.05. The molecule has 1 aromatic carbocycles. The quantitative estimate of drug-likeness (QED) is 0.402. The second-order valence-electron chi connectivity index (χ2n) is 8.52. The second kappa shape index (κ2) is 10.7. The van der Waals surface area contributed by atoms with Crippen molar-refractivity contribution in [1.29, 1.82) is 0 Å². The SMILES string of the molecule is CCC(C)S(=O)(=O)c1ccc(-c2cnc(N)c(-c3cc(C4C=CC(CNCF)=CC4F)no3)n2)cc1. The van der Waals surface area contributed by atoms with Crippen molar-refractivity contribution in [2.45, 2.75) is 42.5 Å². The predicted octanol–water partition coefficient (Wildman–Crippen LogP) is 4.39. The zero-order chi connectivity index (χ0) is 25.9. The highest BCUT2D eigenvalue weighted by atomic mass is 32.2. The van der Waals surface area contributed by atoms with Crippen molar-refractivity contribution in [3.8, 4) is 22.7 Å². The Morgan fingerprint density at radius 1 is 1.25 bits per heavy atom. The molecule has 190 valence electrons. The third-order valence-electron chi connectivity index (χ3n) is 6.14. The summed E-state index contributed by atoms with van der Waals surface area (Å²) in [4.78, 5) is 8.97. The summed E-state index contributed by atoms with van der Waals surface area (Å²) in [5.74, 6) is -0.343. The number of rotatable bonds is 9. The van der Waals surface area contributed by atoms with Crippen LogP contribution in [-0.2, 0) is 9.84 Å². The number of alkyl halides is 2. The summed E-state index contributed by atoms with van der Waals surface area (Å²) in [7, 11) is -3.41. The highest BCUT2D eigenvalue weighted by Crippen LogP contribution is 2.33. The molecule has 2 aromatic heterocycles. The van der Waals surface area contributed by atoms with E-state index in [1.165, 1.54) is 12.3 Å². The number of nitrogens with one attached hydrogen (secondary N) is 1. The lowest BCUT2D eigenvalue weighted by molar-refractivity contribution is 0.347. The van der Waals surface area contributed by atoms with Crippen LogP contribution in [0.25, 0.3) is 22.7 Å². The Labute approximate surface area is 208 Å². The molecule has 3 unspecified atom stereocenters. The molecule has 8 nitrogen and oxygen atoms in total. The number of nitrogen functional groups attached to an aromatic ring is 1. The number of hydrogen-bond acceptors (Lipinski definition) is 8.